The van der Waals surface area contributed by atoms with E-state index in [1.54, 1.807) is 11.4 Å². The van der Waals surface area contributed by atoms with Crippen molar-refractivity contribution in [2.24, 2.45) is 0 Å². The summed E-state index contributed by atoms with van der Waals surface area (Å²) in [5.74, 6) is 0.418. The molecule has 0 aliphatic rings. The van der Waals surface area contributed by atoms with Crippen LogP contribution in [0.1, 0.15) is 16.8 Å². The molecule has 1 aromatic rings. The topological polar surface area (TPSA) is 17.1 Å². The molecular weight excluding hydrogens is 231 g/mol. The Labute approximate surface area is 94.5 Å². The van der Waals surface area contributed by atoms with Gasteiger partial charge in [0.25, 0.3) is 0 Å². The number of hydrogen-bond donors (Lipinski definition) is 0. The zero-order valence-corrected chi connectivity index (χ0v) is 10.7. The first kappa shape index (κ1) is 12.0. The molecule has 14 heavy (non-hydrogen) atoms. The largest absolute Gasteiger partial charge is 0.294 e. The minimum atomic E-state index is -0.664. The fraction of sp³-hybridized carbons (Fsp3) is 0.300. The Morgan fingerprint density at radius 2 is 2.07 bits per heavy atom. The summed E-state index contributed by atoms with van der Waals surface area (Å²) >= 11 is 6.85. The Bertz CT molecular complexity index is 324. The van der Waals surface area contributed by atoms with Crippen LogP contribution in [0.2, 0.25) is 0 Å². The van der Waals surface area contributed by atoms with Crippen LogP contribution < -0.4 is 0 Å². The van der Waals surface area contributed by atoms with Gasteiger partial charge in [-0.3, -0.25) is 4.79 Å². The summed E-state index contributed by atoms with van der Waals surface area (Å²) in [4.78, 5) is 11.6. The summed E-state index contributed by atoms with van der Waals surface area (Å²) in [6, 6.07) is 9.42. The van der Waals surface area contributed by atoms with E-state index in [-0.39, 0.29) is 5.78 Å². The summed E-state index contributed by atoms with van der Waals surface area (Å²) in [6.07, 6.45) is 0.604. The van der Waals surface area contributed by atoms with Gasteiger partial charge in [0, 0.05) is 17.7 Å². The summed E-state index contributed by atoms with van der Waals surface area (Å²) in [5, 5.41) is 0. The van der Waals surface area contributed by atoms with Gasteiger partial charge >= 0.3 is 0 Å². The Kier molecular flexibility index (Phi) is 5.46. The van der Waals surface area contributed by atoms with Gasteiger partial charge < -0.3 is 0 Å². The molecule has 0 aromatic heterocycles. The Morgan fingerprint density at radius 1 is 1.43 bits per heavy atom. The van der Waals surface area contributed by atoms with Crippen molar-refractivity contribution in [3.63, 3.8) is 0 Å². The molecule has 0 spiro atoms. The van der Waals surface area contributed by atoms with Crippen molar-refractivity contribution in [2.75, 3.05) is 12.4 Å². The number of benzene rings is 1. The van der Waals surface area contributed by atoms with Crippen LogP contribution >= 0.6 is 17.3 Å². The molecule has 4 heteroatoms. The predicted octanol–water partition coefficient (Wildman–Crippen LogP) is 3.21. The zero-order valence-electron chi connectivity index (χ0n) is 8.03. The fourth-order valence-electron chi connectivity index (χ4n) is 1.06. The maximum atomic E-state index is 11.6. The highest BCUT2D eigenvalue weighted by molar-refractivity contribution is 8.64. The standard InChI is InChI=1S/C10H13OPS2/c1-12(13)14-8-7-10(11)9-5-3-2-4-6-9/h2-6,12H,7-8H2,1H3. The monoisotopic (exact) mass is 244 g/mol. The van der Waals surface area contributed by atoms with Crippen molar-refractivity contribution in [3.8, 4) is 0 Å². The smallest absolute Gasteiger partial charge is 0.163 e. The lowest BCUT2D eigenvalue weighted by atomic mass is 10.1. The average molecular weight is 244 g/mol. The van der Waals surface area contributed by atoms with E-state index in [1.807, 2.05) is 30.3 Å². The van der Waals surface area contributed by atoms with Crippen molar-refractivity contribution in [1.29, 1.82) is 0 Å². The predicted molar refractivity (Wildman–Crippen MR) is 69.5 cm³/mol. The maximum absolute atomic E-state index is 11.6. The highest BCUT2D eigenvalue weighted by atomic mass is 32.9. The van der Waals surface area contributed by atoms with Gasteiger partial charge in [0.15, 0.2) is 5.78 Å². The molecule has 1 nitrogen and oxygen atoms in total. The number of ketones is 1. The molecular formula is C10H13OPS2. The van der Waals surface area contributed by atoms with Crippen LogP contribution in [-0.2, 0) is 11.8 Å². The second-order valence-corrected chi connectivity index (χ2v) is 9.87. The fourth-order valence-corrected chi connectivity index (χ4v) is 3.55. The van der Waals surface area contributed by atoms with Crippen LogP contribution in [-0.4, -0.2) is 18.2 Å². The zero-order chi connectivity index (χ0) is 10.4. The Balaban J connectivity index is 2.40. The average Bonchev–Trinajstić information content (AvgIpc) is 2.18. The van der Waals surface area contributed by atoms with E-state index in [0.717, 1.165) is 11.3 Å². The van der Waals surface area contributed by atoms with E-state index in [0.29, 0.717) is 6.42 Å². The van der Waals surface area contributed by atoms with Gasteiger partial charge in [-0.2, -0.15) is 0 Å². The first-order chi connectivity index (χ1) is 6.70. The first-order valence-electron chi connectivity index (χ1n) is 4.42. The van der Waals surface area contributed by atoms with Gasteiger partial charge in [0.05, 0.1) is 0 Å². The van der Waals surface area contributed by atoms with Gasteiger partial charge in [-0.1, -0.05) is 42.1 Å². The third-order valence-corrected chi connectivity index (χ3v) is 5.44. The molecule has 0 radical (unpaired) electrons. The highest BCUT2D eigenvalue weighted by Crippen LogP contribution is 2.34. The lowest BCUT2D eigenvalue weighted by molar-refractivity contribution is 0.0989. The highest BCUT2D eigenvalue weighted by Gasteiger charge is 2.03. The third kappa shape index (κ3) is 4.41. The number of rotatable bonds is 5. The second kappa shape index (κ2) is 6.39. The lowest BCUT2D eigenvalue weighted by Gasteiger charge is -2.00. The number of carbonyl (C=O) groups excluding carboxylic acids is 1. The number of carbonyl (C=O) groups is 1. The molecule has 0 heterocycles. The minimum Gasteiger partial charge on any atom is -0.294 e. The summed E-state index contributed by atoms with van der Waals surface area (Å²) in [6.45, 7) is 2.07. The first-order valence-corrected chi connectivity index (χ1v) is 9.26. The summed E-state index contributed by atoms with van der Waals surface area (Å²) in [7, 11) is 0. The van der Waals surface area contributed by atoms with E-state index in [1.165, 1.54) is 0 Å². The van der Waals surface area contributed by atoms with E-state index < -0.39 is 5.90 Å². The van der Waals surface area contributed by atoms with Crippen LogP contribution in [0.5, 0.6) is 0 Å². The lowest BCUT2D eigenvalue weighted by Crippen LogP contribution is -1.99. The number of hydrogen-bond acceptors (Lipinski definition) is 3. The van der Waals surface area contributed by atoms with E-state index in [4.69, 9.17) is 11.8 Å². The number of Topliss-reactive ketones (excluding diaryl/α,β-unsaturated/α-hetero) is 1. The maximum Gasteiger partial charge on any atom is 0.163 e. The Morgan fingerprint density at radius 3 is 2.64 bits per heavy atom. The summed E-state index contributed by atoms with van der Waals surface area (Å²) in [5.41, 5.74) is 0.808. The van der Waals surface area contributed by atoms with Gasteiger partial charge in [0.2, 0.25) is 0 Å². The molecule has 1 aromatic carbocycles. The minimum absolute atomic E-state index is 0.219. The molecule has 0 aliphatic heterocycles. The van der Waals surface area contributed by atoms with Crippen molar-refractivity contribution in [2.45, 2.75) is 6.42 Å². The van der Waals surface area contributed by atoms with Gasteiger partial charge in [0.1, 0.15) is 0 Å². The molecule has 0 amide bonds. The molecule has 0 N–H and O–H groups in total. The van der Waals surface area contributed by atoms with Crippen LogP contribution in [0, 0.1) is 0 Å². The molecule has 76 valence electrons. The summed E-state index contributed by atoms with van der Waals surface area (Å²) < 4.78 is 0. The van der Waals surface area contributed by atoms with E-state index in [2.05, 4.69) is 6.66 Å². The Hall–Kier alpha value is -0.110. The van der Waals surface area contributed by atoms with Crippen LogP contribution in [0.25, 0.3) is 0 Å². The van der Waals surface area contributed by atoms with E-state index in [9.17, 15) is 4.79 Å². The van der Waals surface area contributed by atoms with Crippen LogP contribution in [0.3, 0.4) is 0 Å². The molecule has 0 aliphatic carbocycles. The molecule has 1 unspecified atom stereocenters. The van der Waals surface area contributed by atoms with Gasteiger partial charge in [-0.25, -0.2) is 0 Å². The van der Waals surface area contributed by atoms with Gasteiger partial charge in [-0.05, 0) is 12.6 Å². The molecule has 0 saturated carbocycles. The van der Waals surface area contributed by atoms with Crippen molar-refractivity contribution in [3.05, 3.63) is 35.9 Å². The molecule has 0 saturated heterocycles. The third-order valence-electron chi connectivity index (χ3n) is 1.73. The normalized spacial score (nSPS) is 12.4. The SMILES string of the molecule is C[PH](=S)SCCC(=O)c1ccccc1. The van der Waals surface area contributed by atoms with Crippen molar-refractivity contribution >= 4 is 34.9 Å². The molecule has 0 bridgehead atoms. The van der Waals surface area contributed by atoms with Crippen molar-refractivity contribution in [1.82, 2.24) is 0 Å². The van der Waals surface area contributed by atoms with Gasteiger partial charge in [-0.15, -0.1) is 11.4 Å². The quantitative estimate of drug-likeness (QED) is 0.585. The molecule has 1 atom stereocenters. The van der Waals surface area contributed by atoms with E-state index >= 15 is 0 Å². The molecule has 0 fully saturated rings. The van der Waals surface area contributed by atoms with Crippen molar-refractivity contribution < 1.29 is 4.79 Å². The second-order valence-electron chi connectivity index (χ2n) is 2.88. The van der Waals surface area contributed by atoms with Crippen LogP contribution in [0.4, 0.5) is 0 Å². The molecule has 1 rings (SSSR count). The van der Waals surface area contributed by atoms with Crippen LogP contribution in [0.15, 0.2) is 30.3 Å².